The number of fused-ring (bicyclic) bond motifs is 1. The molecule has 0 atom stereocenters. The van der Waals surface area contributed by atoms with Crippen molar-refractivity contribution in [2.45, 2.75) is 13.1 Å². The van der Waals surface area contributed by atoms with Gasteiger partial charge in [-0.1, -0.05) is 41.6 Å². The van der Waals surface area contributed by atoms with E-state index in [1.807, 2.05) is 12.1 Å². The number of carbonyl (C=O) groups excluding carboxylic acids is 1. The molecule has 2 aromatic carbocycles. The number of halogens is 1. The van der Waals surface area contributed by atoms with Crippen LogP contribution < -0.4 is 10.9 Å². The normalized spacial score (nSPS) is 11.0. The Labute approximate surface area is 192 Å². The zero-order valence-electron chi connectivity index (χ0n) is 17.8. The number of benzene rings is 2. The van der Waals surface area contributed by atoms with Gasteiger partial charge in [-0.15, -0.1) is 0 Å². The third kappa shape index (κ3) is 4.18. The van der Waals surface area contributed by atoms with E-state index in [4.69, 9.17) is 4.52 Å². The van der Waals surface area contributed by atoms with Crippen molar-refractivity contribution in [2.24, 2.45) is 0 Å². The second-order valence-electron chi connectivity index (χ2n) is 7.53. The maximum atomic E-state index is 13.8. The number of amides is 1. The fraction of sp³-hybridized carbons (Fsp3) is 0.0800. The van der Waals surface area contributed by atoms with E-state index in [0.29, 0.717) is 27.9 Å². The molecule has 1 amide bonds. The summed E-state index contributed by atoms with van der Waals surface area (Å²) in [6, 6.07) is 18.2. The van der Waals surface area contributed by atoms with Gasteiger partial charge in [0.2, 0.25) is 11.7 Å². The predicted molar refractivity (Wildman–Crippen MR) is 123 cm³/mol. The molecule has 3 heterocycles. The zero-order valence-corrected chi connectivity index (χ0v) is 17.8. The number of hydrogen-bond donors (Lipinski definition) is 1. The van der Waals surface area contributed by atoms with Gasteiger partial charge in [0.1, 0.15) is 12.4 Å². The van der Waals surface area contributed by atoms with Crippen molar-refractivity contribution in [3.63, 3.8) is 0 Å². The van der Waals surface area contributed by atoms with Crippen LogP contribution in [-0.4, -0.2) is 25.6 Å². The molecular weight excluding hydrogens is 437 g/mol. The number of carbonyl (C=O) groups is 1. The van der Waals surface area contributed by atoms with Crippen molar-refractivity contribution in [3.05, 3.63) is 101 Å². The summed E-state index contributed by atoms with van der Waals surface area (Å²) in [4.78, 5) is 34.0. The summed E-state index contributed by atoms with van der Waals surface area (Å²) < 4.78 is 20.6. The van der Waals surface area contributed by atoms with E-state index in [9.17, 15) is 14.0 Å². The molecule has 0 saturated carbocycles. The number of aromatic nitrogens is 4. The maximum Gasteiger partial charge on any atom is 0.259 e. The number of para-hydroxylation sites is 1. The van der Waals surface area contributed by atoms with Crippen LogP contribution in [0.3, 0.4) is 0 Å². The quantitative estimate of drug-likeness (QED) is 0.420. The summed E-state index contributed by atoms with van der Waals surface area (Å²) >= 11 is 0. The Morgan fingerprint density at radius 2 is 1.79 bits per heavy atom. The highest BCUT2D eigenvalue weighted by Gasteiger charge is 2.18. The first-order chi connectivity index (χ1) is 16.6. The molecule has 0 radical (unpaired) electrons. The minimum absolute atomic E-state index is 0.0239. The number of nitrogens with zero attached hydrogens (tertiary/aromatic N) is 4. The summed E-state index contributed by atoms with van der Waals surface area (Å²) in [5, 5.41) is 7.35. The molecule has 0 bridgehead atoms. The fourth-order valence-electron chi connectivity index (χ4n) is 3.66. The molecule has 5 rings (SSSR count). The monoisotopic (exact) mass is 455 g/mol. The average Bonchev–Trinajstić information content (AvgIpc) is 3.36. The molecule has 0 fully saturated rings. The summed E-state index contributed by atoms with van der Waals surface area (Å²) in [5.74, 6) is -0.254. The highest BCUT2D eigenvalue weighted by atomic mass is 19.1. The highest BCUT2D eigenvalue weighted by molar-refractivity contribution is 5.93. The molecule has 5 aromatic rings. The number of rotatable bonds is 6. The third-order valence-corrected chi connectivity index (χ3v) is 5.35. The maximum absolute atomic E-state index is 13.8. The summed E-state index contributed by atoms with van der Waals surface area (Å²) in [6.45, 7) is -0.198. The van der Waals surface area contributed by atoms with Crippen LogP contribution in [0, 0.1) is 5.82 Å². The van der Waals surface area contributed by atoms with E-state index in [1.54, 1.807) is 54.9 Å². The molecule has 0 spiro atoms. The van der Waals surface area contributed by atoms with Crippen molar-refractivity contribution in [2.75, 3.05) is 0 Å². The summed E-state index contributed by atoms with van der Waals surface area (Å²) in [6.07, 6.45) is 3.25. The van der Waals surface area contributed by atoms with Gasteiger partial charge in [0.25, 0.3) is 11.4 Å². The van der Waals surface area contributed by atoms with E-state index in [1.165, 1.54) is 16.7 Å². The largest absolute Gasteiger partial charge is 0.350 e. The van der Waals surface area contributed by atoms with Gasteiger partial charge in [-0.05, 0) is 24.3 Å². The van der Waals surface area contributed by atoms with Gasteiger partial charge in [0.15, 0.2) is 0 Å². The third-order valence-electron chi connectivity index (χ3n) is 5.35. The number of nitrogens with one attached hydrogen (secondary N) is 1. The van der Waals surface area contributed by atoms with Gasteiger partial charge in [-0.3, -0.25) is 19.1 Å². The van der Waals surface area contributed by atoms with E-state index < -0.39 is 17.3 Å². The zero-order chi connectivity index (χ0) is 23.5. The van der Waals surface area contributed by atoms with Crippen molar-refractivity contribution in [1.82, 2.24) is 25.0 Å². The molecule has 0 aliphatic heterocycles. The Bertz CT molecular complexity index is 1550. The number of pyridine rings is 2. The molecule has 1 N–H and O–H groups in total. The van der Waals surface area contributed by atoms with E-state index in [0.717, 1.165) is 5.56 Å². The second kappa shape index (κ2) is 9.07. The van der Waals surface area contributed by atoms with Crippen LogP contribution in [0.4, 0.5) is 4.39 Å². The van der Waals surface area contributed by atoms with Crippen LogP contribution in [0.25, 0.3) is 33.7 Å². The van der Waals surface area contributed by atoms with Crippen LogP contribution >= 0.6 is 0 Å². The Kier molecular flexibility index (Phi) is 5.65. The van der Waals surface area contributed by atoms with Crippen LogP contribution in [0.1, 0.15) is 5.56 Å². The minimum atomic E-state index is -0.416. The number of hydrogen-bond acceptors (Lipinski definition) is 6. The Morgan fingerprint density at radius 1 is 1.03 bits per heavy atom. The Morgan fingerprint density at radius 3 is 2.62 bits per heavy atom. The van der Waals surface area contributed by atoms with Gasteiger partial charge >= 0.3 is 0 Å². The molecule has 0 aliphatic carbocycles. The SMILES string of the molecule is O=C(Cn1c(=O)cc(-c2nc(-c3ccncc3)no2)c2ccccc21)NCc1ccccc1F. The van der Waals surface area contributed by atoms with Gasteiger partial charge < -0.3 is 9.84 Å². The van der Waals surface area contributed by atoms with Crippen molar-refractivity contribution >= 4 is 16.8 Å². The van der Waals surface area contributed by atoms with Crippen LogP contribution in [0.15, 0.2) is 88.4 Å². The standard InChI is InChI=1S/C25H18FN5O3/c26-20-7-3-1-5-17(20)14-28-22(32)15-31-21-8-4-2-6-18(21)19(13-23(31)33)25-29-24(30-34-25)16-9-11-27-12-10-16/h1-13H,14-15H2,(H,28,32). The van der Waals surface area contributed by atoms with Crippen LogP contribution in [-0.2, 0) is 17.9 Å². The molecule has 168 valence electrons. The van der Waals surface area contributed by atoms with Gasteiger partial charge in [0, 0.05) is 41.5 Å². The molecule has 3 aromatic heterocycles. The minimum Gasteiger partial charge on any atom is -0.350 e. The summed E-state index contributed by atoms with van der Waals surface area (Å²) in [5.41, 5.74) is 1.70. The lowest BCUT2D eigenvalue weighted by molar-refractivity contribution is -0.121. The van der Waals surface area contributed by atoms with E-state index in [-0.39, 0.29) is 19.0 Å². The lowest BCUT2D eigenvalue weighted by atomic mass is 10.1. The topological polar surface area (TPSA) is 103 Å². The summed E-state index contributed by atoms with van der Waals surface area (Å²) in [7, 11) is 0. The van der Waals surface area contributed by atoms with Gasteiger partial charge in [-0.2, -0.15) is 4.98 Å². The van der Waals surface area contributed by atoms with Crippen LogP contribution in [0.5, 0.6) is 0 Å². The molecular formula is C25H18FN5O3. The molecule has 34 heavy (non-hydrogen) atoms. The van der Waals surface area contributed by atoms with Gasteiger partial charge in [0.05, 0.1) is 11.1 Å². The average molecular weight is 455 g/mol. The Balaban J connectivity index is 1.45. The molecule has 0 unspecified atom stereocenters. The first-order valence-electron chi connectivity index (χ1n) is 10.5. The second-order valence-corrected chi connectivity index (χ2v) is 7.53. The fourth-order valence-corrected chi connectivity index (χ4v) is 3.66. The van der Waals surface area contributed by atoms with Crippen molar-refractivity contribution < 1.29 is 13.7 Å². The van der Waals surface area contributed by atoms with Crippen molar-refractivity contribution in [1.29, 1.82) is 0 Å². The predicted octanol–water partition coefficient (Wildman–Crippen LogP) is 3.57. The lowest BCUT2D eigenvalue weighted by Crippen LogP contribution is -2.32. The first-order valence-corrected chi connectivity index (χ1v) is 10.5. The lowest BCUT2D eigenvalue weighted by Gasteiger charge is -2.12. The Hall–Kier alpha value is -4.66. The van der Waals surface area contributed by atoms with Crippen LogP contribution in [0.2, 0.25) is 0 Å². The molecule has 0 aliphatic rings. The smallest absolute Gasteiger partial charge is 0.259 e. The van der Waals surface area contributed by atoms with E-state index >= 15 is 0 Å². The highest BCUT2D eigenvalue weighted by Crippen LogP contribution is 2.27. The molecule has 8 nitrogen and oxygen atoms in total. The molecule has 9 heteroatoms. The van der Waals surface area contributed by atoms with Gasteiger partial charge in [-0.25, -0.2) is 4.39 Å². The molecule has 0 saturated heterocycles. The first kappa shape index (κ1) is 21.2. The van der Waals surface area contributed by atoms with Crippen molar-refractivity contribution in [3.8, 4) is 22.8 Å². The van der Waals surface area contributed by atoms with E-state index in [2.05, 4.69) is 20.4 Å².